The number of hydrogen-bond donors (Lipinski definition) is 0. The summed E-state index contributed by atoms with van der Waals surface area (Å²) in [4.78, 5) is 2.90. The molecule has 2 rings (SSSR count). The van der Waals surface area contributed by atoms with Crippen LogP contribution in [0, 0.1) is 6.42 Å². The van der Waals surface area contributed by atoms with E-state index in [0.717, 1.165) is 11.1 Å². The van der Waals surface area contributed by atoms with Crippen LogP contribution in [0.1, 0.15) is 17.2 Å². The summed E-state index contributed by atoms with van der Waals surface area (Å²) in [5.41, 5.74) is 10.7. The van der Waals surface area contributed by atoms with Crippen molar-refractivity contribution >= 4 is 0 Å². The lowest BCUT2D eigenvalue weighted by Crippen LogP contribution is -1.96. The lowest BCUT2D eigenvalue weighted by Gasteiger charge is -2.10. The van der Waals surface area contributed by atoms with Gasteiger partial charge in [0.25, 0.3) is 0 Å². The Hall–Kier alpha value is -2.25. The fourth-order valence-corrected chi connectivity index (χ4v) is 1.65. The van der Waals surface area contributed by atoms with Crippen molar-refractivity contribution < 1.29 is 0 Å². The van der Waals surface area contributed by atoms with Gasteiger partial charge in [0, 0.05) is 11.3 Å². The molecule has 17 heavy (non-hydrogen) atoms. The summed E-state index contributed by atoms with van der Waals surface area (Å²) < 4.78 is 0. The maximum atomic E-state index is 8.61. The van der Waals surface area contributed by atoms with Gasteiger partial charge >= 0.3 is 0 Å². The van der Waals surface area contributed by atoms with Gasteiger partial charge in [0.05, 0.1) is 6.04 Å². The second kappa shape index (κ2) is 5.73. The molecule has 0 aliphatic rings. The predicted molar refractivity (Wildman–Crippen MR) is 68.2 cm³/mol. The molecule has 0 spiro atoms. The van der Waals surface area contributed by atoms with Crippen molar-refractivity contribution in [3.8, 4) is 0 Å². The van der Waals surface area contributed by atoms with E-state index in [9.17, 15) is 0 Å². The highest BCUT2D eigenvalue weighted by Crippen LogP contribution is 2.24. The first kappa shape index (κ1) is 11.2. The predicted octanol–water partition coefficient (Wildman–Crippen LogP) is 4.29. The molecule has 3 heteroatoms. The van der Waals surface area contributed by atoms with Crippen molar-refractivity contribution in [1.29, 1.82) is 0 Å². The first-order valence-electron chi connectivity index (χ1n) is 5.39. The van der Waals surface area contributed by atoms with E-state index in [0.29, 0.717) is 0 Å². The van der Waals surface area contributed by atoms with Crippen LogP contribution in [0.25, 0.3) is 10.4 Å². The van der Waals surface area contributed by atoms with Gasteiger partial charge in [-0.15, -0.1) is 0 Å². The molecule has 2 aromatic rings. The van der Waals surface area contributed by atoms with E-state index >= 15 is 0 Å². The minimum absolute atomic E-state index is 0.261. The molecular formula is C14H12N3. The van der Waals surface area contributed by atoms with Gasteiger partial charge in [-0.3, -0.25) is 0 Å². The topological polar surface area (TPSA) is 48.8 Å². The molecule has 0 aromatic heterocycles. The largest absolute Gasteiger partial charge is 0.0852 e. The SMILES string of the molecule is [N-]=[N+]=N[C@@H]([CH]c1ccccc1)c1ccccc1. The second-order valence-electron chi connectivity index (χ2n) is 3.64. The van der Waals surface area contributed by atoms with E-state index in [4.69, 9.17) is 5.53 Å². The third-order valence-corrected chi connectivity index (χ3v) is 2.47. The smallest absolute Gasteiger partial charge is 0.0699 e. The van der Waals surface area contributed by atoms with Crippen LogP contribution in [0.3, 0.4) is 0 Å². The highest BCUT2D eigenvalue weighted by atomic mass is 15.1. The zero-order chi connectivity index (χ0) is 11.9. The molecule has 0 saturated carbocycles. The Kier molecular flexibility index (Phi) is 3.79. The van der Waals surface area contributed by atoms with E-state index in [-0.39, 0.29) is 6.04 Å². The van der Waals surface area contributed by atoms with Crippen LogP contribution < -0.4 is 0 Å². The van der Waals surface area contributed by atoms with Gasteiger partial charge in [-0.1, -0.05) is 65.8 Å². The maximum absolute atomic E-state index is 8.61. The van der Waals surface area contributed by atoms with E-state index in [1.165, 1.54) is 0 Å². The minimum Gasteiger partial charge on any atom is -0.0852 e. The average Bonchev–Trinajstić information content (AvgIpc) is 2.40. The van der Waals surface area contributed by atoms with Crippen molar-refractivity contribution in [1.82, 2.24) is 0 Å². The quantitative estimate of drug-likeness (QED) is 0.421. The van der Waals surface area contributed by atoms with Crippen LogP contribution in [-0.4, -0.2) is 0 Å². The monoisotopic (exact) mass is 222 g/mol. The zero-order valence-electron chi connectivity index (χ0n) is 9.27. The van der Waals surface area contributed by atoms with Crippen LogP contribution >= 0.6 is 0 Å². The molecule has 1 atom stereocenters. The summed E-state index contributed by atoms with van der Waals surface area (Å²) in [5, 5.41) is 3.81. The second-order valence-corrected chi connectivity index (χ2v) is 3.64. The number of azide groups is 1. The summed E-state index contributed by atoms with van der Waals surface area (Å²) in [6, 6.07) is 19.3. The molecule has 83 valence electrons. The van der Waals surface area contributed by atoms with Crippen LogP contribution in [-0.2, 0) is 0 Å². The Balaban J connectivity index is 2.22. The van der Waals surface area contributed by atoms with Crippen LogP contribution in [0.2, 0.25) is 0 Å². The standard InChI is InChI=1S/C14H12N3/c15-17-16-14(13-9-5-2-6-10-13)11-12-7-3-1-4-8-12/h1-11,14H/t14-/m0/s1. The van der Waals surface area contributed by atoms with Gasteiger partial charge in [-0.2, -0.15) is 0 Å². The molecule has 0 N–H and O–H groups in total. The number of benzene rings is 2. The molecular weight excluding hydrogens is 210 g/mol. The van der Waals surface area contributed by atoms with Gasteiger partial charge in [0.1, 0.15) is 0 Å². The average molecular weight is 222 g/mol. The molecule has 0 aliphatic carbocycles. The molecule has 0 unspecified atom stereocenters. The molecule has 0 amide bonds. The molecule has 0 aliphatic heterocycles. The molecule has 0 saturated heterocycles. The fourth-order valence-electron chi connectivity index (χ4n) is 1.65. The van der Waals surface area contributed by atoms with Crippen LogP contribution in [0.4, 0.5) is 0 Å². The maximum Gasteiger partial charge on any atom is 0.0699 e. The van der Waals surface area contributed by atoms with Gasteiger partial charge in [0.2, 0.25) is 0 Å². The first-order valence-corrected chi connectivity index (χ1v) is 5.39. The normalized spacial score (nSPS) is 11.5. The Morgan fingerprint density at radius 1 is 0.941 bits per heavy atom. The number of rotatable bonds is 4. The Morgan fingerprint density at radius 2 is 1.53 bits per heavy atom. The molecule has 3 nitrogen and oxygen atoms in total. The lowest BCUT2D eigenvalue weighted by atomic mass is 10.00. The van der Waals surface area contributed by atoms with Crippen LogP contribution in [0.5, 0.6) is 0 Å². The van der Waals surface area contributed by atoms with Crippen molar-refractivity contribution in [2.45, 2.75) is 6.04 Å². The Labute approximate surface area is 100 Å². The lowest BCUT2D eigenvalue weighted by molar-refractivity contribution is 0.843. The van der Waals surface area contributed by atoms with Gasteiger partial charge in [0.15, 0.2) is 0 Å². The third-order valence-electron chi connectivity index (χ3n) is 2.47. The molecule has 1 radical (unpaired) electrons. The number of nitrogens with zero attached hydrogens (tertiary/aromatic N) is 3. The summed E-state index contributed by atoms with van der Waals surface area (Å²) in [6.45, 7) is 0. The van der Waals surface area contributed by atoms with Crippen molar-refractivity contribution in [3.05, 3.63) is 88.7 Å². The van der Waals surface area contributed by atoms with Crippen LogP contribution in [0.15, 0.2) is 65.8 Å². The van der Waals surface area contributed by atoms with Gasteiger partial charge in [-0.25, -0.2) is 0 Å². The van der Waals surface area contributed by atoms with E-state index in [2.05, 4.69) is 10.0 Å². The molecule has 2 aromatic carbocycles. The zero-order valence-corrected chi connectivity index (χ0v) is 9.27. The summed E-state index contributed by atoms with van der Waals surface area (Å²) in [6.07, 6.45) is 1.95. The number of hydrogen-bond acceptors (Lipinski definition) is 1. The summed E-state index contributed by atoms with van der Waals surface area (Å²) in [7, 11) is 0. The first-order chi connectivity index (χ1) is 8.40. The fraction of sp³-hybridized carbons (Fsp3) is 0.0714. The molecule has 0 heterocycles. The van der Waals surface area contributed by atoms with Gasteiger partial charge < -0.3 is 0 Å². The van der Waals surface area contributed by atoms with E-state index < -0.39 is 0 Å². The van der Waals surface area contributed by atoms with Crippen molar-refractivity contribution in [3.63, 3.8) is 0 Å². The van der Waals surface area contributed by atoms with Gasteiger partial charge in [-0.05, 0) is 16.7 Å². The third kappa shape index (κ3) is 3.10. The molecule has 0 bridgehead atoms. The van der Waals surface area contributed by atoms with E-state index in [1.807, 2.05) is 67.1 Å². The highest BCUT2D eigenvalue weighted by molar-refractivity contribution is 5.31. The van der Waals surface area contributed by atoms with E-state index in [1.54, 1.807) is 0 Å². The minimum atomic E-state index is -0.261. The summed E-state index contributed by atoms with van der Waals surface area (Å²) in [5.74, 6) is 0. The highest BCUT2D eigenvalue weighted by Gasteiger charge is 2.09. The van der Waals surface area contributed by atoms with Crippen molar-refractivity contribution in [2.24, 2.45) is 5.11 Å². The Morgan fingerprint density at radius 3 is 2.12 bits per heavy atom. The van der Waals surface area contributed by atoms with Crippen molar-refractivity contribution in [2.75, 3.05) is 0 Å². The Bertz CT molecular complexity index is 502. The summed E-state index contributed by atoms with van der Waals surface area (Å²) >= 11 is 0. The molecule has 0 fully saturated rings.